The van der Waals surface area contributed by atoms with Crippen LogP contribution in [0.5, 0.6) is 5.75 Å². The summed E-state index contributed by atoms with van der Waals surface area (Å²) in [4.78, 5) is 26.0. The highest BCUT2D eigenvalue weighted by atomic mass is 32.1. The van der Waals surface area contributed by atoms with Crippen LogP contribution in [0.2, 0.25) is 0 Å². The molecule has 1 aromatic heterocycles. The fourth-order valence-electron chi connectivity index (χ4n) is 2.35. The topological polar surface area (TPSA) is 55.4 Å². The normalized spacial score (nSPS) is 10.8. The zero-order chi connectivity index (χ0) is 18.4. The second-order valence-electron chi connectivity index (χ2n) is 5.55. The average molecular weight is 367 g/mol. The van der Waals surface area contributed by atoms with Crippen molar-refractivity contribution in [1.29, 1.82) is 0 Å². The summed E-state index contributed by atoms with van der Waals surface area (Å²) in [5, 5.41) is 2.71. The first-order chi connectivity index (χ1) is 11.8. The van der Waals surface area contributed by atoms with Crippen LogP contribution in [-0.2, 0) is 11.3 Å². The van der Waals surface area contributed by atoms with E-state index in [0.717, 1.165) is 15.3 Å². The van der Waals surface area contributed by atoms with E-state index >= 15 is 0 Å². The number of carbonyl (C=O) groups is 2. The maximum Gasteiger partial charge on any atom is 0.387 e. The van der Waals surface area contributed by atoms with Crippen LogP contribution in [0.15, 0.2) is 30.3 Å². The van der Waals surface area contributed by atoms with E-state index in [4.69, 9.17) is 0 Å². The first kappa shape index (κ1) is 19.1. The number of amides is 1. The number of ketones is 1. The van der Waals surface area contributed by atoms with Gasteiger partial charge in [-0.1, -0.05) is 12.1 Å². The van der Waals surface area contributed by atoms with Gasteiger partial charge in [0.2, 0.25) is 5.91 Å². The second kappa shape index (κ2) is 8.71. The highest BCUT2D eigenvalue weighted by Crippen LogP contribution is 2.22. The third-order valence-electron chi connectivity index (χ3n) is 3.56. The number of hydrogen-bond donors (Lipinski definition) is 1. The van der Waals surface area contributed by atoms with E-state index in [0.29, 0.717) is 5.56 Å². The molecule has 1 amide bonds. The van der Waals surface area contributed by atoms with Gasteiger partial charge in [-0.15, -0.1) is 11.3 Å². The Morgan fingerprint density at radius 2 is 1.84 bits per heavy atom. The molecule has 2 rings (SSSR count). The van der Waals surface area contributed by atoms with Crippen LogP contribution in [-0.4, -0.2) is 18.3 Å². The minimum absolute atomic E-state index is 0.0366. The van der Waals surface area contributed by atoms with Crippen LogP contribution in [0.25, 0.3) is 0 Å². The molecule has 0 spiro atoms. The monoisotopic (exact) mass is 367 g/mol. The third-order valence-corrected chi connectivity index (χ3v) is 4.52. The van der Waals surface area contributed by atoms with Crippen molar-refractivity contribution in [1.82, 2.24) is 5.32 Å². The highest BCUT2D eigenvalue weighted by molar-refractivity contribution is 7.12. The quantitative estimate of drug-likeness (QED) is 0.710. The zero-order valence-corrected chi connectivity index (χ0v) is 14.8. The van der Waals surface area contributed by atoms with Gasteiger partial charge in [0, 0.05) is 34.7 Å². The molecule has 1 N–H and O–H groups in total. The Kier molecular flexibility index (Phi) is 6.64. The maximum atomic E-state index is 12.1. The number of benzene rings is 1. The number of hydrogen-bond acceptors (Lipinski definition) is 4. The summed E-state index contributed by atoms with van der Waals surface area (Å²) in [7, 11) is 0. The summed E-state index contributed by atoms with van der Waals surface area (Å²) >= 11 is 1.57. The number of rotatable bonds is 8. The zero-order valence-electron chi connectivity index (χ0n) is 14.0. The van der Waals surface area contributed by atoms with E-state index in [1.807, 2.05) is 19.9 Å². The van der Waals surface area contributed by atoms with E-state index in [1.54, 1.807) is 23.5 Å². The summed E-state index contributed by atoms with van der Waals surface area (Å²) in [6.07, 6.45) is 0.268. The van der Waals surface area contributed by atoms with Crippen molar-refractivity contribution < 1.29 is 23.1 Å². The Morgan fingerprint density at radius 3 is 2.40 bits per heavy atom. The van der Waals surface area contributed by atoms with Crippen molar-refractivity contribution in [2.45, 2.75) is 39.8 Å². The maximum absolute atomic E-state index is 12.1. The molecule has 25 heavy (non-hydrogen) atoms. The van der Waals surface area contributed by atoms with Crippen molar-refractivity contribution in [3.63, 3.8) is 0 Å². The van der Waals surface area contributed by atoms with Crippen molar-refractivity contribution in [3.05, 3.63) is 51.2 Å². The van der Waals surface area contributed by atoms with E-state index in [-0.39, 0.29) is 36.8 Å². The molecule has 0 radical (unpaired) electrons. The fourth-order valence-corrected chi connectivity index (χ4v) is 3.29. The van der Waals surface area contributed by atoms with Gasteiger partial charge in [-0.3, -0.25) is 9.59 Å². The van der Waals surface area contributed by atoms with Gasteiger partial charge in [0.05, 0.1) is 0 Å². The Hall–Kier alpha value is -2.28. The molecule has 0 aliphatic rings. The van der Waals surface area contributed by atoms with Gasteiger partial charge < -0.3 is 10.1 Å². The lowest BCUT2D eigenvalue weighted by Gasteiger charge is -2.07. The van der Waals surface area contributed by atoms with Gasteiger partial charge in [0.1, 0.15) is 5.75 Å². The number of aryl methyl sites for hydroxylation is 2. The predicted molar refractivity (Wildman–Crippen MR) is 92.3 cm³/mol. The summed E-state index contributed by atoms with van der Waals surface area (Å²) < 4.78 is 28.4. The Bertz CT molecular complexity index is 741. The summed E-state index contributed by atoms with van der Waals surface area (Å²) in [6.45, 7) is 1.24. The number of alkyl halides is 2. The molecule has 0 fully saturated rings. The van der Waals surface area contributed by atoms with Gasteiger partial charge in [0.15, 0.2) is 5.78 Å². The smallest absolute Gasteiger partial charge is 0.387 e. The minimum atomic E-state index is -2.86. The van der Waals surface area contributed by atoms with Crippen molar-refractivity contribution in [3.8, 4) is 5.75 Å². The predicted octanol–water partition coefficient (Wildman–Crippen LogP) is 4.25. The van der Waals surface area contributed by atoms with Crippen molar-refractivity contribution in [2.75, 3.05) is 0 Å². The van der Waals surface area contributed by atoms with Crippen LogP contribution >= 0.6 is 11.3 Å². The van der Waals surface area contributed by atoms with Gasteiger partial charge in [-0.2, -0.15) is 8.78 Å². The number of ether oxygens (including phenoxy) is 1. The number of carbonyl (C=O) groups excluding carboxylic acids is 2. The number of Topliss-reactive ketones (excluding diaryl/α,β-unsaturated/α-hetero) is 1. The molecule has 0 saturated carbocycles. The van der Waals surface area contributed by atoms with Crippen molar-refractivity contribution >= 4 is 23.0 Å². The largest absolute Gasteiger partial charge is 0.435 e. The number of halogens is 2. The fraction of sp³-hybridized carbons (Fsp3) is 0.333. The minimum Gasteiger partial charge on any atom is -0.435 e. The molecular weight excluding hydrogens is 348 g/mol. The van der Waals surface area contributed by atoms with Crippen molar-refractivity contribution in [2.24, 2.45) is 0 Å². The molecule has 7 heteroatoms. The Balaban J connectivity index is 1.77. The molecule has 0 aliphatic heterocycles. The molecule has 1 heterocycles. The van der Waals surface area contributed by atoms with Gasteiger partial charge in [0.25, 0.3) is 0 Å². The first-order valence-corrected chi connectivity index (χ1v) is 8.57. The molecule has 1 aromatic carbocycles. The lowest BCUT2D eigenvalue weighted by Crippen LogP contribution is -2.23. The Labute approximate surface area is 148 Å². The molecular formula is C18H19F2NO3S. The molecule has 0 saturated heterocycles. The van der Waals surface area contributed by atoms with Gasteiger partial charge >= 0.3 is 6.61 Å². The van der Waals surface area contributed by atoms with E-state index in [1.165, 1.54) is 12.1 Å². The average Bonchev–Trinajstić information content (AvgIpc) is 2.90. The standard InChI is InChI=1S/C18H19F2NO3S/c1-11-9-15(12(2)25-11)16(22)7-8-17(23)21-10-13-3-5-14(6-4-13)24-18(19)20/h3-6,9,18H,7-8,10H2,1-2H3,(H,21,23). The molecule has 4 nitrogen and oxygen atoms in total. The molecule has 0 atom stereocenters. The highest BCUT2D eigenvalue weighted by Gasteiger charge is 2.13. The molecule has 0 bridgehead atoms. The molecule has 2 aromatic rings. The van der Waals surface area contributed by atoms with E-state index < -0.39 is 6.61 Å². The summed E-state index contributed by atoms with van der Waals surface area (Å²) in [5.41, 5.74) is 1.44. The number of nitrogens with one attached hydrogen (secondary N) is 1. The lowest BCUT2D eigenvalue weighted by molar-refractivity contribution is -0.121. The van der Waals surface area contributed by atoms with Crippen LogP contribution in [0.4, 0.5) is 8.78 Å². The molecule has 0 aliphatic carbocycles. The first-order valence-electron chi connectivity index (χ1n) is 7.76. The van der Waals surface area contributed by atoms with Crippen LogP contribution in [0.1, 0.15) is 38.5 Å². The van der Waals surface area contributed by atoms with Gasteiger partial charge in [-0.05, 0) is 37.6 Å². The Morgan fingerprint density at radius 1 is 1.16 bits per heavy atom. The summed E-state index contributed by atoms with van der Waals surface area (Å²) in [5.74, 6) is -0.200. The lowest BCUT2D eigenvalue weighted by atomic mass is 10.1. The molecule has 0 unspecified atom stereocenters. The summed E-state index contributed by atoms with van der Waals surface area (Å²) in [6, 6.07) is 7.88. The van der Waals surface area contributed by atoms with Crippen LogP contribution < -0.4 is 10.1 Å². The van der Waals surface area contributed by atoms with Gasteiger partial charge in [-0.25, -0.2) is 0 Å². The third kappa shape index (κ3) is 5.94. The molecule has 134 valence electrons. The van der Waals surface area contributed by atoms with E-state index in [9.17, 15) is 18.4 Å². The second-order valence-corrected chi connectivity index (χ2v) is 7.01. The van der Waals surface area contributed by atoms with Crippen LogP contribution in [0, 0.1) is 13.8 Å². The van der Waals surface area contributed by atoms with Crippen LogP contribution in [0.3, 0.4) is 0 Å². The SMILES string of the molecule is Cc1cc(C(=O)CCC(=O)NCc2ccc(OC(F)F)cc2)c(C)s1. The van der Waals surface area contributed by atoms with E-state index in [2.05, 4.69) is 10.1 Å². The number of thiophene rings is 1.